The number of rotatable bonds is 6. The monoisotopic (exact) mass is 369 g/mol. The van der Waals surface area contributed by atoms with Crippen LogP contribution in [0.15, 0.2) is 47.4 Å². The Hall–Kier alpha value is -2.40. The second kappa shape index (κ2) is 7.87. The molecule has 1 amide bonds. The predicted octanol–water partition coefficient (Wildman–Crippen LogP) is 4.53. The van der Waals surface area contributed by atoms with Gasteiger partial charge < -0.3 is 10.0 Å². The van der Waals surface area contributed by atoms with Crippen molar-refractivity contribution in [2.24, 2.45) is 0 Å². The molecule has 0 spiro atoms. The summed E-state index contributed by atoms with van der Waals surface area (Å²) in [5.41, 5.74) is 1.91. The first-order valence-electron chi connectivity index (χ1n) is 8.99. The van der Waals surface area contributed by atoms with Crippen LogP contribution in [0.1, 0.15) is 48.7 Å². The van der Waals surface area contributed by atoms with Gasteiger partial charge in [-0.15, -0.1) is 11.3 Å². The molecular weight excluding hydrogens is 346 g/mol. The fourth-order valence-electron chi connectivity index (χ4n) is 3.24. The molecule has 0 radical (unpaired) electrons. The van der Waals surface area contributed by atoms with Crippen molar-refractivity contribution in [3.05, 3.63) is 63.4 Å². The number of benzene rings is 1. The highest BCUT2D eigenvalue weighted by molar-refractivity contribution is 7.10. The van der Waals surface area contributed by atoms with Gasteiger partial charge in [-0.1, -0.05) is 50.6 Å². The molecule has 0 saturated carbocycles. The van der Waals surface area contributed by atoms with Crippen LogP contribution < -0.4 is 0 Å². The van der Waals surface area contributed by atoms with Gasteiger partial charge in [0.05, 0.1) is 11.6 Å². The third-order valence-corrected chi connectivity index (χ3v) is 5.67. The van der Waals surface area contributed by atoms with Crippen molar-refractivity contribution in [3.8, 4) is 0 Å². The van der Waals surface area contributed by atoms with Crippen molar-refractivity contribution >= 4 is 28.8 Å². The number of aliphatic hydroxyl groups excluding tert-OH is 1. The van der Waals surface area contributed by atoms with Gasteiger partial charge in [-0.05, 0) is 29.9 Å². The van der Waals surface area contributed by atoms with Crippen LogP contribution in [0.2, 0.25) is 0 Å². The Morgan fingerprint density at radius 1 is 1.15 bits per heavy atom. The first kappa shape index (κ1) is 18.4. The highest BCUT2D eigenvalue weighted by Crippen LogP contribution is 2.41. The van der Waals surface area contributed by atoms with Gasteiger partial charge in [-0.3, -0.25) is 9.59 Å². The minimum absolute atomic E-state index is 0.0941. The zero-order valence-corrected chi connectivity index (χ0v) is 15.9. The van der Waals surface area contributed by atoms with Crippen LogP contribution in [0.4, 0.5) is 0 Å². The van der Waals surface area contributed by atoms with E-state index in [4.69, 9.17) is 0 Å². The predicted molar refractivity (Wildman–Crippen MR) is 104 cm³/mol. The zero-order chi connectivity index (χ0) is 18.7. The number of carbonyl (C=O) groups excluding carboxylic acids is 2. The number of thiophene rings is 1. The van der Waals surface area contributed by atoms with Crippen molar-refractivity contribution < 1.29 is 14.7 Å². The van der Waals surface area contributed by atoms with Gasteiger partial charge in [0.15, 0.2) is 0 Å². The maximum Gasteiger partial charge on any atom is 0.295 e. The summed E-state index contributed by atoms with van der Waals surface area (Å²) in [5.74, 6) is -1.22. The lowest BCUT2D eigenvalue weighted by Crippen LogP contribution is -2.30. The molecule has 1 aromatic carbocycles. The number of likely N-dealkylation sites (tertiary alicyclic amines) is 1. The minimum atomic E-state index is -0.600. The van der Waals surface area contributed by atoms with Crippen LogP contribution >= 0.6 is 11.3 Å². The van der Waals surface area contributed by atoms with Gasteiger partial charge >= 0.3 is 0 Å². The largest absolute Gasteiger partial charge is 0.507 e. The lowest BCUT2D eigenvalue weighted by Gasteiger charge is -2.23. The lowest BCUT2D eigenvalue weighted by atomic mass is 9.99. The number of unbranched alkanes of at least 4 members (excludes halogenated alkanes) is 1. The molecule has 1 N–H and O–H groups in total. The van der Waals surface area contributed by atoms with Crippen molar-refractivity contribution in [3.63, 3.8) is 0 Å². The summed E-state index contributed by atoms with van der Waals surface area (Å²) < 4.78 is 0. The molecule has 3 rings (SSSR count). The number of nitrogens with zero attached hydrogens (tertiary/aromatic N) is 1. The maximum atomic E-state index is 12.7. The normalized spacial score (nSPS) is 19.3. The Balaban J connectivity index is 2.09. The van der Waals surface area contributed by atoms with Crippen LogP contribution in [0.25, 0.3) is 5.76 Å². The van der Waals surface area contributed by atoms with Gasteiger partial charge in [-0.25, -0.2) is 0 Å². The maximum absolute atomic E-state index is 12.7. The van der Waals surface area contributed by atoms with Crippen LogP contribution in [0.5, 0.6) is 0 Å². The quantitative estimate of drug-likeness (QED) is 0.462. The molecule has 2 aromatic rings. The van der Waals surface area contributed by atoms with E-state index in [2.05, 4.69) is 6.92 Å². The molecule has 1 aromatic heterocycles. The minimum Gasteiger partial charge on any atom is -0.507 e. The Bertz CT molecular complexity index is 821. The highest BCUT2D eigenvalue weighted by atomic mass is 32.1. The average molecular weight is 369 g/mol. The fraction of sp³-hybridized carbons (Fsp3) is 0.333. The molecule has 1 fully saturated rings. The van der Waals surface area contributed by atoms with E-state index < -0.39 is 17.7 Å². The highest BCUT2D eigenvalue weighted by Gasteiger charge is 2.46. The second-order valence-corrected chi connectivity index (χ2v) is 7.39. The molecule has 0 bridgehead atoms. The number of aryl methyl sites for hydroxylation is 1. The van der Waals surface area contributed by atoms with Crippen molar-refractivity contribution in [2.45, 2.75) is 39.2 Å². The third-order valence-electron chi connectivity index (χ3n) is 4.74. The van der Waals surface area contributed by atoms with Crippen molar-refractivity contribution in [2.75, 3.05) is 6.54 Å². The molecule has 1 aliphatic heterocycles. The van der Waals surface area contributed by atoms with E-state index in [1.165, 1.54) is 11.3 Å². The van der Waals surface area contributed by atoms with E-state index in [0.717, 1.165) is 29.7 Å². The van der Waals surface area contributed by atoms with Gasteiger partial charge in [0.1, 0.15) is 5.76 Å². The van der Waals surface area contributed by atoms with E-state index >= 15 is 0 Å². The van der Waals surface area contributed by atoms with E-state index in [9.17, 15) is 14.7 Å². The van der Waals surface area contributed by atoms with Crippen LogP contribution in [-0.2, 0) is 16.0 Å². The molecule has 136 valence electrons. The molecule has 26 heavy (non-hydrogen) atoms. The van der Waals surface area contributed by atoms with Gasteiger partial charge in [0.2, 0.25) is 0 Å². The Labute approximate surface area is 157 Å². The number of Topliss-reactive ketones (excluding diaryl/α,β-unsaturated/α-hetero) is 1. The molecule has 2 heterocycles. The van der Waals surface area contributed by atoms with Crippen LogP contribution in [0.3, 0.4) is 0 Å². The van der Waals surface area contributed by atoms with E-state index in [0.29, 0.717) is 12.1 Å². The number of amides is 1. The molecule has 1 unspecified atom stereocenters. The number of ketones is 1. The molecule has 1 atom stereocenters. The molecule has 5 heteroatoms. The number of carbonyl (C=O) groups is 2. The summed E-state index contributed by atoms with van der Waals surface area (Å²) in [5, 5.41) is 12.8. The smallest absolute Gasteiger partial charge is 0.295 e. The Kier molecular flexibility index (Phi) is 5.57. The molecular formula is C21H23NO3S. The summed E-state index contributed by atoms with van der Waals surface area (Å²) in [6.45, 7) is 4.62. The first-order chi connectivity index (χ1) is 12.6. The molecule has 1 aliphatic rings. The Morgan fingerprint density at radius 3 is 2.46 bits per heavy atom. The lowest BCUT2D eigenvalue weighted by molar-refractivity contribution is -0.139. The molecule has 1 saturated heterocycles. The number of aliphatic hydroxyl groups is 1. The SMILES string of the molecule is CCCCN1C(=O)C(=O)/C(=C(\O)c2ccc(CC)cc2)C1c1cccs1. The van der Waals surface area contributed by atoms with Gasteiger partial charge in [0.25, 0.3) is 11.7 Å². The number of hydrogen-bond acceptors (Lipinski definition) is 4. The summed E-state index contributed by atoms with van der Waals surface area (Å²) in [7, 11) is 0. The van der Waals surface area contributed by atoms with Crippen LogP contribution in [-0.4, -0.2) is 28.2 Å². The Morgan fingerprint density at radius 2 is 1.88 bits per heavy atom. The average Bonchev–Trinajstić information content (AvgIpc) is 3.27. The number of hydrogen-bond donors (Lipinski definition) is 1. The third kappa shape index (κ3) is 3.31. The van der Waals surface area contributed by atoms with Gasteiger partial charge in [0, 0.05) is 17.0 Å². The topological polar surface area (TPSA) is 57.6 Å². The summed E-state index contributed by atoms with van der Waals surface area (Å²) in [4.78, 5) is 27.8. The summed E-state index contributed by atoms with van der Waals surface area (Å²) in [6.07, 6.45) is 2.65. The summed E-state index contributed by atoms with van der Waals surface area (Å²) >= 11 is 1.49. The van der Waals surface area contributed by atoms with Gasteiger partial charge in [-0.2, -0.15) is 0 Å². The van der Waals surface area contributed by atoms with E-state index in [1.54, 1.807) is 17.0 Å². The van der Waals surface area contributed by atoms with Crippen LogP contribution in [0, 0.1) is 0 Å². The molecule has 0 aliphatic carbocycles. The van der Waals surface area contributed by atoms with E-state index in [-0.39, 0.29) is 11.3 Å². The van der Waals surface area contributed by atoms with Crippen molar-refractivity contribution in [1.29, 1.82) is 0 Å². The molecule has 4 nitrogen and oxygen atoms in total. The first-order valence-corrected chi connectivity index (χ1v) is 9.87. The van der Waals surface area contributed by atoms with E-state index in [1.807, 2.05) is 36.6 Å². The fourth-order valence-corrected chi connectivity index (χ4v) is 4.08. The standard InChI is InChI=1S/C21H23NO3S/c1-3-5-12-22-18(16-7-6-13-26-16)17(20(24)21(22)25)19(23)15-10-8-14(4-2)9-11-15/h6-11,13,18,23H,3-5,12H2,1-2H3/b19-17-. The summed E-state index contributed by atoms with van der Waals surface area (Å²) in [6, 6.07) is 10.8. The van der Waals surface area contributed by atoms with Crippen molar-refractivity contribution in [1.82, 2.24) is 4.90 Å². The zero-order valence-electron chi connectivity index (χ0n) is 15.1. The second-order valence-electron chi connectivity index (χ2n) is 6.41.